The van der Waals surface area contributed by atoms with Crippen LogP contribution in [-0.2, 0) is 11.3 Å². The van der Waals surface area contributed by atoms with E-state index in [4.69, 9.17) is 16.0 Å². The zero-order valence-electron chi connectivity index (χ0n) is 13.7. The Balaban J connectivity index is 1.34. The second-order valence-corrected chi connectivity index (χ2v) is 7.68. The van der Waals surface area contributed by atoms with E-state index in [0.717, 1.165) is 39.2 Å². The summed E-state index contributed by atoms with van der Waals surface area (Å²) in [5.74, 6) is 1.72. The Bertz CT molecular complexity index is 918. The van der Waals surface area contributed by atoms with E-state index in [-0.39, 0.29) is 17.7 Å². The highest BCUT2D eigenvalue weighted by Gasteiger charge is 2.44. The van der Waals surface area contributed by atoms with E-state index in [1.807, 2.05) is 48.7 Å². The molecule has 0 bridgehead atoms. The van der Waals surface area contributed by atoms with Crippen LogP contribution < -0.4 is 5.32 Å². The van der Waals surface area contributed by atoms with Gasteiger partial charge in [0.1, 0.15) is 11.5 Å². The first kappa shape index (κ1) is 16.4. The van der Waals surface area contributed by atoms with Gasteiger partial charge in [-0.1, -0.05) is 29.8 Å². The maximum atomic E-state index is 12.3. The largest absolute Gasteiger partial charge is 0.458 e. The van der Waals surface area contributed by atoms with Gasteiger partial charge in [-0.25, -0.2) is 4.98 Å². The number of halogens is 1. The summed E-state index contributed by atoms with van der Waals surface area (Å²) in [6, 6.07) is 11.5. The number of amides is 1. The highest BCUT2D eigenvalue weighted by atomic mass is 35.5. The van der Waals surface area contributed by atoms with E-state index in [0.29, 0.717) is 6.54 Å². The minimum absolute atomic E-state index is 0.00415. The summed E-state index contributed by atoms with van der Waals surface area (Å²) in [6.45, 7) is 2.34. The zero-order chi connectivity index (χ0) is 17.4. The molecule has 2 heterocycles. The van der Waals surface area contributed by atoms with Gasteiger partial charge < -0.3 is 9.73 Å². The molecule has 1 aliphatic rings. The molecule has 0 radical (unpaired) electrons. The van der Waals surface area contributed by atoms with Crippen LogP contribution in [0, 0.1) is 12.8 Å². The molecule has 1 aliphatic carbocycles. The molecule has 0 aliphatic heterocycles. The average molecular weight is 373 g/mol. The number of carbonyl (C=O) groups is 1. The van der Waals surface area contributed by atoms with Gasteiger partial charge in [0.25, 0.3) is 0 Å². The Morgan fingerprint density at radius 1 is 1.36 bits per heavy atom. The van der Waals surface area contributed by atoms with Crippen molar-refractivity contribution in [2.24, 2.45) is 5.92 Å². The molecule has 128 valence electrons. The second-order valence-electron chi connectivity index (χ2n) is 6.21. The molecule has 0 spiro atoms. The summed E-state index contributed by atoms with van der Waals surface area (Å²) < 4.78 is 5.77. The molecular formula is C19H17ClN2O2S. The van der Waals surface area contributed by atoms with Gasteiger partial charge in [-0.2, -0.15) is 0 Å². The number of nitrogens with zero attached hydrogens (tertiary/aromatic N) is 1. The lowest BCUT2D eigenvalue weighted by molar-refractivity contribution is -0.122. The molecule has 1 saturated carbocycles. The van der Waals surface area contributed by atoms with Gasteiger partial charge in [-0.3, -0.25) is 4.79 Å². The van der Waals surface area contributed by atoms with E-state index in [9.17, 15) is 4.79 Å². The van der Waals surface area contributed by atoms with Crippen molar-refractivity contribution in [1.29, 1.82) is 0 Å². The number of benzene rings is 1. The molecule has 4 nitrogen and oxygen atoms in total. The number of aryl methyl sites for hydroxylation is 1. The normalized spacial score (nSPS) is 19.0. The minimum atomic E-state index is -0.00415. The number of carbonyl (C=O) groups excluding carboxylic acids is 1. The third kappa shape index (κ3) is 3.48. The lowest BCUT2D eigenvalue weighted by Gasteiger charge is -2.04. The Labute approximate surface area is 154 Å². The zero-order valence-corrected chi connectivity index (χ0v) is 15.2. The molecule has 25 heavy (non-hydrogen) atoms. The molecule has 4 rings (SSSR count). The van der Waals surface area contributed by atoms with E-state index >= 15 is 0 Å². The first-order valence-electron chi connectivity index (χ1n) is 8.15. The van der Waals surface area contributed by atoms with Gasteiger partial charge in [-0.15, -0.1) is 11.3 Å². The van der Waals surface area contributed by atoms with Gasteiger partial charge in [0.15, 0.2) is 5.76 Å². The molecule has 1 aromatic carbocycles. The maximum Gasteiger partial charge on any atom is 0.224 e. The van der Waals surface area contributed by atoms with Crippen molar-refractivity contribution < 1.29 is 9.21 Å². The van der Waals surface area contributed by atoms with Crippen molar-refractivity contribution in [3.05, 3.63) is 63.1 Å². The number of hydrogen-bond acceptors (Lipinski definition) is 4. The molecule has 2 atom stereocenters. The lowest BCUT2D eigenvalue weighted by Crippen LogP contribution is -2.24. The maximum absolute atomic E-state index is 12.3. The highest BCUT2D eigenvalue weighted by Crippen LogP contribution is 2.49. The van der Waals surface area contributed by atoms with Crippen LogP contribution in [0.5, 0.6) is 0 Å². The van der Waals surface area contributed by atoms with Crippen LogP contribution in [0.4, 0.5) is 0 Å². The smallest absolute Gasteiger partial charge is 0.224 e. The Kier molecular flexibility index (Phi) is 4.36. The van der Waals surface area contributed by atoms with Crippen molar-refractivity contribution in [3.8, 4) is 11.5 Å². The second kappa shape index (κ2) is 6.65. The molecule has 2 aromatic heterocycles. The highest BCUT2D eigenvalue weighted by molar-refractivity contribution is 7.09. The number of hydrogen-bond donors (Lipinski definition) is 1. The fourth-order valence-corrected chi connectivity index (χ4v) is 3.87. The summed E-state index contributed by atoms with van der Waals surface area (Å²) in [6.07, 6.45) is 0.844. The van der Waals surface area contributed by atoms with Gasteiger partial charge in [0, 0.05) is 16.3 Å². The Morgan fingerprint density at radius 2 is 2.20 bits per heavy atom. The fraction of sp³-hybridized carbons (Fsp3) is 0.263. The molecule has 1 fully saturated rings. The van der Waals surface area contributed by atoms with Crippen LogP contribution >= 0.6 is 22.9 Å². The third-order valence-electron chi connectivity index (χ3n) is 4.40. The fourth-order valence-electron chi connectivity index (χ4n) is 3.00. The number of aromatic nitrogens is 1. The Hall–Kier alpha value is -2.11. The number of rotatable bonds is 5. The number of furan rings is 1. The van der Waals surface area contributed by atoms with Gasteiger partial charge in [0.05, 0.1) is 11.6 Å². The van der Waals surface area contributed by atoms with Crippen LogP contribution in [0.1, 0.15) is 28.7 Å². The van der Waals surface area contributed by atoms with Crippen LogP contribution in [0.3, 0.4) is 0 Å². The standard InChI is InChI=1S/C19H17ClN2O2S/c1-11-22-17(10-25-11)18-7-6-12(24-18)9-21-19(23)15-8-14(15)13-4-2-3-5-16(13)20/h2-7,10,14-15H,8-9H2,1H3,(H,21,23). The predicted octanol–water partition coefficient (Wildman–Crippen LogP) is 4.78. The molecule has 2 unspecified atom stereocenters. The minimum Gasteiger partial charge on any atom is -0.458 e. The van der Waals surface area contributed by atoms with Crippen molar-refractivity contribution in [3.63, 3.8) is 0 Å². The molecular weight excluding hydrogens is 356 g/mol. The monoisotopic (exact) mass is 372 g/mol. The van der Waals surface area contributed by atoms with Gasteiger partial charge >= 0.3 is 0 Å². The summed E-state index contributed by atoms with van der Waals surface area (Å²) in [5, 5.41) is 6.66. The third-order valence-corrected chi connectivity index (χ3v) is 5.52. The van der Waals surface area contributed by atoms with Gasteiger partial charge in [-0.05, 0) is 43.0 Å². The quantitative estimate of drug-likeness (QED) is 0.700. The average Bonchev–Trinajstić information content (AvgIpc) is 3.04. The summed E-state index contributed by atoms with van der Waals surface area (Å²) in [4.78, 5) is 16.8. The molecule has 6 heteroatoms. The van der Waals surface area contributed by atoms with E-state index < -0.39 is 0 Å². The number of thiazole rings is 1. The summed E-state index contributed by atoms with van der Waals surface area (Å²) in [7, 11) is 0. The molecule has 3 aromatic rings. The predicted molar refractivity (Wildman–Crippen MR) is 98.7 cm³/mol. The van der Waals surface area contributed by atoms with Crippen LogP contribution in [0.25, 0.3) is 11.5 Å². The SMILES string of the molecule is Cc1nc(-c2ccc(CNC(=O)C3CC3c3ccccc3Cl)o2)cs1. The first-order valence-corrected chi connectivity index (χ1v) is 9.41. The van der Waals surface area contributed by atoms with Crippen molar-refractivity contribution in [2.45, 2.75) is 25.8 Å². The Morgan fingerprint density at radius 3 is 2.96 bits per heavy atom. The summed E-state index contributed by atoms with van der Waals surface area (Å²) in [5.41, 5.74) is 1.89. The van der Waals surface area contributed by atoms with Crippen molar-refractivity contribution in [1.82, 2.24) is 10.3 Å². The molecule has 0 saturated heterocycles. The lowest BCUT2D eigenvalue weighted by atomic mass is 10.1. The van der Waals surface area contributed by atoms with Crippen LogP contribution in [-0.4, -0.2) is 10.9 Å². The van der Waals surface area contributed by atoms with E-state index in [1.165, 1.54) is 0 Å². The van der Waals surface area contributed by atoms with Gasteiger partial charge in [0.2, 0.25) is 5.91 Å². The first-order chi connectivity index (χ1) is 12.1. The van der Waals surface area contributed by atoms with Crippen molar-refractivity contribution in [2.75, 3.05) is 0 Å². The van der Waals surface area contributed by atoms with Crippen LogP contribution in [0.2, 0.25) is 5.02 Å². The topological polar surface area (TPSA) is 55.1 Å². The van der Waals surface area contributed by atoms with E-state index in [1.54, 1.807) is 11.3 Å². The van der Waals surface area contributed by atoms with E-state index in [2.05, 4.69) is 10.3 Å². The summed E-state index contributed by atoms with van der Waals surface area (Å²) >= 11 is 7.80. The number of nitrogens with one attached hydrogen (secondary N) is 1. The molecule has 1 amide bonds. The molecule has 1 N–H and O–H groups in total. The van der Waals surface area contributed by atoms with Crippen molar-refractivity contribution >= 4 is 28.8 Å². The van der Waals surface area contributed by atoms with Crippen LogP contribution in [0.15, 0.2) is 46.2 Å².